The largest absolute Gasteiger partial charge is 0.341 e. The number of carbonyl (C=O) groups is 17. The van der Waals surface area contributed by atoms with E-state index in [1.807, 2.05) is 11.8 Å². The van der Waals surface area contributed by atoms with Crippen LogP contribution in [0, 0.1) is 30.6 Å². The first kappa shape index (κ1) is 57.9. The summed E-state index contributed by atoms with van der Waals surface area (Å²) in [5.74, 6) is -12.3. The molecule has 0 aliphatic carbocycles. The highest BCUT2D eigenvalue weighted by molar-refractivity contribution is 6.04. The number of ketones is 2. The number of imide groups is 4. The van der Waals surface area contributed by atoms with Crippen LogP contribution in [0.1, 0.15) is 116 Å². The first-order chi connectivity index (χ1) is 35.1. The van der Waals surface area contributed by atoms with Crippen molar-refractivity contribution in [2.24, 2.45) is 5.92 Å². The smallest absolute Gasteiger partial charge is 0.334 e. The van der Waals surface area contributed by atoms with Gasteiger partial charge in [0.1, 0.15) is 0 Å². The maximum atomic E-state index is 14.4. The fourth-order valence-corrected chi connectivity index (χ4v) is 7.36. The highest BCUT2D eigenvalue weighted by Crippen LogP contribution is 2.21. The van der Waals surface area contributed by atoms with Crippen molar-refractivity contribution in [1.82, 2.24) is 35.0 Å². The Morgan fingerprint density at radius 1 is 0.378 bits per heavy atom. The molecule has 11 amide bonds. The summed E-state index contributed by atoms with van der Waals surface area (Å²) in [6.45, 7) is -3.28. The van der Waals surface area contributed by atoms with Crippen LogP contribution in [0.15, 0.2) is 0 Å². The lowest BCUT2D eigenvalue weighted by atomic mass is 9.93. The van der Waals surface area contributed by atoms with Crippen LogP contribution >= 0.6 is 0 Å². The first-order valence-corrected chi connectivity index (χ1v) is 23.2. The summed E-state index contributed by atoms with van der Waals surface area (Å²) in [5.41, 5.74) is 0. The molecule has 0 aromatic heterocycles. The number of hydrogen-bond donors (Lipinski definition) is 0. The van der Waals surface area contributed by atoms with E-state index in [-0.39, 0.29) is 97.3 Å². The van der Waals surface area contributed by atoms with Gasteiger partial charge in [-0.05, 0) is 24.7 Å². The second-order valence-corrected chi connectivity index (χ2v) is 16.7. The number of hydroxylamine groups is 8. The molecule has 0 unspecified atom stereocenters. The first-order valence-electron chi connectivity index (χ1n) is 23.2. The van der Waals surface area contributed by atoms with E-state index in [4.69, 9.17) is 32.2 Å². The Balaban J connectivity index is 1.57. The molecule has 28 nitrogen and oxygen atoms in total. The van der Waals surface area contributed by atoms with E-state index >= 15 is 0 Å². The Morgan fingerprint density at radius 3 is 0.838 bits per heavy atom. The van der Waals surface area contributed by atoms with E-state index in [0.717, 1.165) is 14.7 Å². The molecule has 4 rings (SSSR count). The maximum Gasteiger partial charge on any atom is 0.334 e. The highest BCUT2D eigenvalue weighted by atomic mass is 16.7. The molecule has 0 atom stereocenters. The molecule has 4 heterocycles. The summed E-state index contributed by atoms with van der Waals surface area (Å²) in [5, 5.41) is 1.06. The van der Waals surface area contributed by atoms with E-state index in [0.29, 0.717) is 0 Å². The topological polar surface area (TPSA) is 350 Å². The van der Waals surface area contributed by atoms with Crippen LogP contribution in [0.3, 0.4) is 0 Å². The number of nitrogens with zero attached hydrogens (tertiary/aromatic N) is 7. The lowest BCUT2D eigenvalue weighted by molar-refractivity contribution is -0.198. The molecule has 74 heavy (non-hydrogen) atoms. The van der Waals surface area contributed by atoms with Crippen molar-refractivity contribution in [2.75, 3.05) is 39.3 Å². The predicted octanol–water partition coefficient (Wildman–Crippen LogP) is -2.18. The third-order valence-corrected chi connectivity index (χ3v) is 11.5. The zero-order chi connectivity index (χ0) is 54.6. The molecular weight excluding hydrogens is 987 g/mol. The molecular formula is C46H51N7O21. The Kier molecular flexibility index (Phi) is 21.7. The van der Waals surface area contributed by atoms with Gasteiger partial charge < -0.3 is 34.1 Å². The molecule has 0 saturated carbocycles. The molecule has 4 aliphatic heterocycles. The highest BCUT2D eigenvalue weighted by Gasteiger charge is 2.37. The number of Topliss-reactive ketones (excluding diaryl/α,β-unsaturated/α-hetero) is 2. The van der Waals surface area contributed by atoms with Crippen molar-refractivity contribution < 1.29 is 101 Å². The van der Waals surface area contributed by atoms with Gasteiger partial charge in [0.25, 0.3) is 47.3 Å². The molecule has 0 spiro atoms. The van der Waals surface area contributed by atoms with Crippen molar-refractivity contribution in [3.63, 3.8) is 0 Å². The molecule has 0 aromatic carbocycles. The van der Waals surface area contributed by atoms with E-state index < -0.39 is 184 Å². The average molecular weight is 1040 g/mol. The van der Waals surface area contributed by atoms with Gasteiger partial charge in [-0.1, -0.05) is 0 Å². The van der Waals surface area contributed by atoms with Gasteiger partial charge in [0.15, 0.2) is 0 Å². The van der Waals surface area contributed by atoms with Gasteiger partial charge in [-0.2, -0.15) is 0 Å². The minimum atomic E-state index is -1.19. The second kappa shape index (κ2) is 27.8. The summed E-state index contributed by atoms with van der Waals surface area (Å²) in [7, 11) is 0. The normalized spacial score (nSPS) is 15.3. The van der Waals surface area contributed by atoms with Gasteiger partial charge in [-0.3, -0.25) is 62.3 Å². The fraction of sp³-hybridized carbons (Fsp3) is 0.543. The molecule has 0 bridgehead atoms. The quantitative estimate of drug-likeness (QED) is 0.0437. The lowest BCUT2D eigenvalue weighted by Crippen LogP contribution is -2.44. The van der Waals surface area contributed by atoms with Gasteiger partial charge in [0.05, 0.1) is 25.7 Å². The Morgan fingerprint density at radius 2 is 0.608 bits per heavy atom. The molecule has 0 radical (unpaired) electrons. The van der Waals surface area contributed by atoms with Crippen LogP contribution in [-0.2, 0) is 101 Å². The second-order valence-electron chi connectivity index (χ2n) is 16.7. The van der Waals surface area contributed by atoms with E-state index in [1.165, 1.54) is 0 Å². The van der Waals surface area contributed by atoms with Crippen LogP contribution in [-0.4, -0.2) is 175 Å². The zero-order valence-electron chi connectivity index (χ0n) is 39.9. The summed E-state index contributed by atoms with van der Waals surface area (Å²) < 4.78 is 0. The van der Waals surface area contributed by atoms with Crippen LogP contribution in [0.4, 0.5) is 0 Å². The number of rotatable bonds is 29. The third kappa shape index (κ3) is 17.3. The van der Waals surface area contributed by atoms with Crippen LogP contribution in [0.25, 0.3) is 0 Å². The van der Waals surface area contributed by atoms with E-state index in [1.54, 1.807) is 0 Å². The number of carbonyl (C=O) groups excluding carboxylic acids is 17. The third-order valence-electron chi connectivity index (χ3n) is 11.5. The zero-order valence-corrected chi connectivity index (χ0v) is 39.9. The van der Waals surface area contributed by atoms with Gasteiger partial charge in [-0.25, -0.2) is 19.2 Å². The number of amides is 11. The minimum Gasteiger partial charge on any atom is -0.341 e. The van der Waals surface area contributed by atoms with Crippen molar-refractivity contribution in [3.05, 3.63) is 0 Å². The Labute approximate surface area is 420 Å². The lowest BCUT2D eigenvalue weighted by Gasteiger charge is -2.30. The number of terminal acetylenes is 2. The van der Waals surface area contributed by atoms with Crippen molar-refractivity contribution in [2.45, 2.75) is 116 Å². The van der Waals surface area contributed by atoms with Crippen LogP contribution < -0.4 is 0 Å². The molecule has 4 aliphatic rings. The van der Waals surface area contributed by atoms with Gasteiger partial charge >= 0.3 is 23.9 Å². The maximum absolute atomic E-state index is 14.4. The molecule has 4 fully saturated rings. The Hall–Kier alpha value is -8.69. The van der Waals surface area contributed by atoms with Crippen LogP contribution in [0.2, 0.25) is 0 Å². The molecule has 28 heteroatoms. The number of hydrogen-bond acceptors (Lipinski definition) is 21. The molecule has 0 aromatic rings. The van der Waals surface area contributed by atoms with Crippen LogP contribution in [0.5, 0.6) is 0 Å². The van der Waals surface area contributed by atoms with Crippen molar-refractivity contribution in [1.29, 1.82) is 0 Å². The van der Waals surface area contributed by atoms with Gasteiger partial charge in [-0.15, -0.1) is 33.1 Å². The monoisotopic (exact) mass is 1040 g/mol. The van der Waals surface area contributed by atoms with Crippen molar-refractivity contribution in [3.8, 4) is 24.7 Å². The predicted molar refractivity (Wildman–Crippen MR) is 236 cm³/mol. The fourth-order valence-electron chi connectivity index (χ4n) is 7.36. The average Bonchev–Trinajstić information content (AvgIpc) is 4.08. The molecule has 0 N–H and O–H groups in total. The minimum absolute atomic E-state index is 0.222. The van der Waals surface area contributed by atoms with E-state index in [9.17, 15) is 81.5 Å². The summed E-state index contributed by atoms with van der Waals surface area (Å²) >= 11 is 0. The van der Waals surface area contributed by atoms with E-state index in [2.05, 4.69) is 0 Å². The summed E-state index contributed by atoms with van der Waals surface area (Å²) in [6.07, 6.45) is 3.57. The summed E-state index contributed by atoms with van der Waals surface area (Å²) in [6, 6.07) is 0. The van der Waals surface area contributed by atoms with Gasteiger partial charge in [0.2, 0.25) is 29.3 Å². The van der Waals surface area contributed by atoms with Crippen molar-refractivity contribution >= 4 is 100 Å². The standard InChI is InChI=1S/C46H51N7O21/c1-3-30(54)7-5-29(6-8-31(55)4-2)46(70)49(23-17-32(56)47(25-19-42(66)71-50-34(58)9-10-35(50)59)26-20-43(67)72-51-36(60)11-12-37(51)61)24-18-33(57)48(27-21-44(68)73-52-38(62)13-14-39(52)63)28-22-45(69)74-53-40(64)15-16-41(53)65/h1-2,29H,5-28H2. The molecule has 4 saturated heterocycles. The SMILES string of the molecule is C#CC(=O)CCC(CCC(=O)C#C)C(=O)N(CCC(=O)N(CCC(=O)ON1C(=O)CCC1=O)CCC(=O)ON1C(=O)CCC1=O)CCC(=O)N(CCC(=O)ON1C(=O)CCC1=O)CCC(=O)ON1C(=O)CCC1=O. The van der Waals surface area contributed by atoms with Gasteiger partial charge in [0, 0.05) is 122 Å². The Bertz CT molecular complexity index is 2130. The summed E-state index contributed by atoms with van der Waals surface area (Å²) in [4.78, 5) is 237. The molecule has 396 valence electrons.